The molecule has 3 aliphatic rings. The van der Waals surface area contributed by atoms with Crippen LogP contribution in [0.4, 0.5) is 0 Å². The Balaban J connectivity index is 1.63. The van der Waals surface area contributed by atoms with Gasteiger partial charge in [-0.1, -0.05) is 6.92 Å². The molecule has 114 valence electrons. The quantitative estimate of drug-likeness (QED) is 0.823. The number of rotatable bonds is 3. The Morgan fingerprint density at radius 3 is 2.70 bits per heavy atom. The number of nitrogens with zero attached hydrogens (tertiary/aromatic N) is 1. The Hall–Kier alpha value is -0.610. The number of nitrogens with two attached hydrogens (primary N) is 1. The van der Waals surface area contributed by atoms with Crippen molar-refractivity contribution in [3.63, 3.8) is 0 Å². The van der Waals surface area contributed by atoms with E-state index in [1.54, 1.807) is 0 Å². The number of nitrogens with one attached hydrogen (secondary N) is 1. The summed E-state index contributed by atoms with van der Waals surface area (Å²) in [6.45, 7) is 5.16. The van der Waals surface area contributed by atoms with E-state index in [1.807, 2.05) is 0 Å². The topological polar surface area (TPSA) is 58.4 Å². The first-order chi connectivity index (χ1) is 9.64. The van der Waals surface area contributed by atoms with Gasteiger partial charge in [0.25, 0.3) is 0 Å². The lowest BCUT2D eigenvalue weighted by molar-refractivity contribution is -0.133. The molecule has 1 amide bonds. The monoisotopic (exact) mass is 279 g/mol. The smallest absolute Gasteiger partial charge is 0.227 e. The number of hydrogen-bond donors (Lipinski definition) is 2. The molecule has 0 aromatic carbocycles. The highest BCUT2D eigenvalue weighted by Gasteiger charge is 2.43. The average Bonchev–Trinajstić information content (AvgIpc) is 3.05. The van der Waals surface area contributed by atoms with Crippen LogP contribution in [0.5, 0.6) is 0 Å². The first-order valence-corrected chi connectivity index (χ1v) is 8.40. The molecule has 2 heterocycles. The van der Waals surface area contributed by atoms with Gasteiger partial charge in [0, 0.05) is 25.2 Å². The van der Waals surface area contributed by atoms with Gasteiger partial charge in [-0.3, -0.25) is 9.69 Å². The van der Waals surface area contributed by atoms with Crippen LogP contribution in [-0.2, 0) is 4.79 Å². The lowest BCUT2D eigenvalue weighted by Gasteiger charge is -2.38. The molecule has 2 atom stereocenters. The number of carbonyl (C=O) groups excluding carboxylic acids is 1. The third kappa shape index (κ3) is 2.48. The molecule has 0 aromatic heterocycles. The molecule has 4 heteroatoms. The largest absolute Gasteiger partial charge is 0.351 e. The third-order valence-electron chi connectivity index (χ3n) is 6.03. The van der Waals surface area contributed by atoms with Gasteiger partial charge in [0.05, 0.1) is 5.41 Å². The molecular weight excluding hydrogens is 250 g/mol. The van der Waals surface area contributed by atoms with Crippen LogP contribution in [0.15, 0.2) is 0 Å². The predicted octanol–water partition coefficient (Wildman–Crippen LogP) is 1.49. The number of carbonyl (C=O) groups is 1. The molecule has 0 spiro atoms. The van der Waals surface area contributed by atoms with Crippen molar-refractivity contribution >= 4 is 5.91 Å². The van der Waals surface area contributed by atoms with Gasteiger partial charge in [-0.05, 0) is 57.4 Å². The van der Waals surface area contributed by atoms with Crippen molar-refractivity contribution in [2.45, 2.75) is 64.0 Å². The van der Waals surface area contributed by atoms with Crippen molar-refractivity contribution in [3.05, 3.63) is 0 Å². The minimum Gasteiger partial charge on any atom is -0.351 e. The van der Waals surface area contributed by atoms with E-state index < -0.39 is 0 Å². The number of hydrogen-bond acceptors (Lipinski definition) is 3. The van der Waals surface area contributed by atoms with Crippen molar-refractivity contribution in [1.82, 2.24) is 10.2 Å². The maximum absolute atomic E-state index is 12.8. The van der Waals surface area contributed by atoms with Gasteiger partial charge < -0.3 is 11.1 Å². The van der Waals surface area contributed by atoms with Crippen LogP contribution in [-0.4, -0.2) is 42.5 Å². The van der Waals surface area contributed by atoms with Crippen LogP contribution in [0.2, 0.25) is 0 Å². The molecule has 2 saturated heterocycles. The zero-order valence-electron chi connectivity index (χ0n) is 12.7. The molecule has 0 bridgehead atoms. The summed E-state index contributed by atoms with van der Waals surface area (Å²) in [6, 6.07) is 0.962. The third-order valence-corrected chi connectivity index (χ3v) is 6.03. The molecule has 1 saturated carbocycles. The fraction of sp³-hybridized carbons (Fsp3) is 0.938. The molecule has 3 rings (SSSR count). The summed E-state index contributed by atoms with van der Waals surface area (Å²) < 4.78 is 0. The summed E-state index contributed by atoms with van der Waals surface area (Å²) in [5, 5.41) is 3.37. The van der Waals surface area contributed by atoms with E-state index in [-0.39, 0.29) is 11.3 Å². The molecule has 0 radical (unpaired) electrons. The summed E-state index contributed by atoms with van der Waals surface area (Å²) in [7, 11) is 0. The molecule has 3 fully saturated rings. The van der Waals surface area contributed by atoms with Gasteiger partial charge >= 0.3 is 0 Å². The highest BCUT2D eigenvalue weighted by atomic mass is 16.2. The second-order valence-corrected chi connectivity index (χ2v) is 7.28. The maximum Gasteiger partial charge on any atom is 0.227 e. The van der Waals surface area contributed by atoms with Gasteiger partial charge in [0.2, 0.25) is 5.91 Å². The van der Waals surface area contributed by atoms with Crippen LogP contribution >= 0.6 is 0 Å². The molecule has 4 nitrogen and oxygen atoms in total. The molecule has 3 N–H and O–H groups in total. The zero-order valence-corrected chi connectivity index (χ0v) is 12.7. The van der Waals surface area contributed by atoms with Gasteiger partial charge in [-0.2, -0.15) is 0 Å². The van der Waals surface area contributed by atoms with Crippen LogP contribution in [0.1, 0.15) is 51.9 Å². The summed E-state index contributed by atoms with van der Waals surface area (Å²) in [5.41, 5.74) is 5.72. The van der Waals surface area contributed by atoms with E-state index in [2.05, 4.69) is 17.1 Å². The van der Waals surface area contributed by atoms with Gasteiger partial charge in [0.15, 0.2) is 0 Å². The van der Waals surface area contributed by atoms with E-state index in [0.29, 0.717) is 18.6 Å². The maximum atomic E-state index is 12.8. The van der Waals surface area contributed by atoms with Gasteiger partial charge in [0.1, 0.15) is 0 Å². The zero-order chi connectivity index (χ0) is 14.2. The van der Waals surface area contributed by atoms with Gasteiger partial charge in [-0.15, -0.1) is 0 Å². The Morgan fingerprint density at radius 1 is 1.25 bits per heavy atom. The minimum absolute atomic E-state index is 0.241. The van der Waals surface area contributed by atoms with Gasteiger partial charge in [-0.25, -0.2) is 0 Å². The van der Waals surface area contributed by atoms with E-state index in [0.717, 1.165) is 44.6 Å². The second kappa shape index (κ2) is 5.64. The summed E-state index contributed by atoms with van der Waals surface area (Å²) in [6.07, 6.45) is 7.88. The van der Waals surface area contributed by atoms with E-state index in [1.165, 1.54) is 19.4 Å². The van der Waals surface area contributed by atoms with Crippen LogP contribution in [0, 0.1) is 11.3 Å². The molecule has 1 aliphatic carbocycles. The lowest BCUT2D eigenvalue weighted by atomic mass is 9.70. The molecular formula is C16H29N3O. The van der Waals surface area contributed by atoms with Crippen molar-refractivity contribution < 1.29 is 4.79 Å². The van der Waals surface area contributed by atoms with Crippen molar-refractivity contribution in [3.8, 4) is 0 Å². The SMILES string of the molecule is CC1CCC(CN)(C(=O)NC2CCN3CCCC23)CC1. The first kappa shape index (κ1) is 14.3. The van der Waals surface area contributed by atoms with E-state index >= 15 is 0 Å². The fourth-order valence-electron chi connectivity index (χ4n) is 4.41. The Morgan fingerprint density at radius 2 is 2.00 bits per heavy atom. The highest BCUT2D eigenvalue weighted by Crippen LogP contribution is 2.39. The summed E-state index contributed by atoms with van der Waals surface area (Å²) in [4.78, 5) is 15.3. The normalized spacial score (nSPS) is 41.6. The Bertz CT molecular complexity index is 363. The van der Waals surface area contributed by atoms with Crippen LogP contribution in [0.3, 0.4) is 0 Å². The number of amides is 1. The van der Waals surface area contributed by atoms with E-state index in [4.69, 9.17) is 5.73 Å². The standard InChI is InChI=1S/C16H29N3O/c1-12-4-7-16(11-17,8-5-12)15(20)18-13-6-10-19-9-2-3-14(13)19/h12-14H,2-11,17H2,1H3,(H,18,20). The number of fused-ring (bicyclic) bond motifs is 1. The summed E-state index contributed by atoms with van der Waals surface area (Å²) >= 11 is 0. The van der Waals surface area contributed by atoms with Crippen molar-refractivity contribution in [1.29, 1.82) is 0 Å². The lowest BCUT2D eigenvalue weighted by Crippen LogP contribution is -2.52. The Labute approximate surface area is 122 Å². The predicted molar refractivity (Wildman–Crippen MR) is 80.3 cm³/mol. The fourth-order valence-corrected chi connectivity index (χ4v) is 4.41. The molecule has 0 aromatic rings. The molecule has 20 heavy (non-hydrogen) atoms. The van der Waals surface area contributed by atoms with Crippen molar-refractivity contribution in [2.75, 3.05) is 19.6 Å². The Kier molecular flexibility index (Phi) is 4.04. The van der Waals surface area contributed by atoms with Crippen LogP contribution < -0.4 is 11.1 Å². The highest BCUT2D eigenvalue weighted by molar-refractivity contribution is 5.83. The average molecular weight is 279 g/mol. The second-order valence-electron chi connectivity index (χ2n) is 7.28. The van der Waals surface area contributed by atoms with E-state index in [9.17, 15) is 4.79 Å². The minimum atomic E-state index is -0.279. The molecule has 2 unspecified atom stereocenters. The summed E-state index contributed by atoms with van der Waals surface area (Å²) in [5.74, 6) is 0.991. The van der Waals surface area contributed by atoms with Crippen molar-refractivity contribution in [2.24, 2.45) is 17.1 Å². The van der Waals surface area contributed by atoms with Crippen LogP contribution in [0.25, 0.3) is 0 Å². The first-order valence-electron chi connectivity index (χ1n) is 8.40. The molecule has 2 aliphatic heterocycles.